The van der Waals surface area contributed by atoms with Gasteiger partial charge in [0.25, 0.3) is 0 Å². The number of hydrogen-bond acceptors (Lipinski definition) is 6. The minimum absolute atomic E-state index is 0.00964. The number of nitriles is 1. The van der Waals surface area contributed by atoms with Gasteiger partial charge in [-0.25, -0.2) is 4.98 Å². The number of carbonyl (C=O) groups excluding carboxylic acids is 3. The van der Waals surface area contributed by atoms with E-state index in [0.717, 1.165) is 5.52 Å². The van der Waals surface area contributed by atoms with E-state index >= 15 is 0 Å². The minimum atomic E-state index is -0.820. The lowest BCUT2D eigenvalue weighted by atomic mass is 9.79. The standard InChI is InChI=1S/C26H34N4O4/c1-15(2)9-18(12-24(32)22-13-20-21(30-22)7-8-28-26(20)34-4)25(33)29-19(14-27)11-17-6-5-16(3)10-23(17)31/h7-8,13,15-19,30H,5-6,9-12H2,1-4H3,(H,29,33)/t16?,17-,18+,19-/m0/s1/i16D. The molecule has 1 unspecified atom stereocenters. The first-order valence-corrected chi connectivity index (χ1v) is 11.8. The third-order valence-corrected chi connectivity index (χ3v) is 6.41. The molecule has 0 bridgehead atoms. The minimum Gasteiger partial charge on any atom is -0.481 e. The molecule has 1 aliphatic carbocycles. The third-order valence-electron chi connectivity index (χ3n) is 6.41. The summed E-state index contributed by atoms with van der Waals surface area (Å²) in [5, 5.41) is 13.1. The van der Waals surface area contributed by atoms with Gasteiger partial charge in [0.05, 0.1) is 29.8 Å². The third kappa shape index (κ3) is 6.22. The van der Waals surface area contributed by atoms with Crippen LogP contribution < -0.4 is 10.1 Å². The van der Waals surface area contributed by atoms with Crippen molar-refractivity contribution in [1.29, 1.82) is 5.26 Å². The Kier molecular flexibility index (Phi) is 7.94. The second-order valence-corrected chi connectivity index (χ2v) is 9.68. The summed E-state index contributed by atoms with van der Waals surface area (Å²) >= 11 is 0. The molecule has 4 atom stereocenters. The first-order valence-electron chi connectivity index (χ1n) is 12.3. The number of nitrogens with one attached hydrogen (secondary N) is 2. The lowest BCUT2D eigenvalue weighted by Gasteiger charge is -2.27. The summed E-state index contributed by atoms with van der Waals surface area (Å²) in [6, 6.07) is 4.71. The highest BCUT2D eigenvalue weighted by Crippen LogP contribution is 2.29. The number of H-pyrrole nitrogens is 1. The number of carbonyl (C=O) groups is 3. The summed E-state index contributed by atoms with van der Waals surface area (Å²) in [5.74, 6) is -1.72. The van der Waals surface area contributed by atoms with Crippen LogP contribution in [0, 0.1) is 35.0 Å². The van der Waals surface area contributed by atoms with Gasteiger partial charge in [-0.3, -0.25) is 14.4 Å². The van der Waals surface area contributed by atoms with Crippen molar-refractivity contribution in [2.75, 3.05) is 7.11 Å². The number of hydrogen-bond donors (Lipinski definition) is 2. The number of rotatable bonds is 10. The van der Waals surface area contributed by atoms with E-state index in [1.165, 1.54) is 7.11 Å². The topological polar surface area (TPSA) is 125 Å². The molecule has 0 radical (unpaired) electrons. The predicted molar refractivity (Wildman–Crippen MR) is 128 cm³/mol. The zero-order chi connectivity index (χ0) is 25.8. The Bertz CT molecular complexity index is 1130. The highest BCUT2D eigenvalue weighted by atomic mass is 16.5. The van der Waals surface area contributed by atoms with Gasteiger partial charge in [0, 0.05) is 32.2 Å². The quantitative estimate of drug-likeness (QED) is 0.504. The Labute approximate surface area is 201 Å². The lowest BCUT2D eigenvalue weighted by Crippen LogP contribution is -2.41. The average Bonchev–Trinajstić information content (AvgIpc) is 3.23. The molecule has 2 heterocycles. The SMILES string of the molecule is [2H]C1(C)CC[C@@H](C[C@@H](C#N)NC(=O)[C@@H](CC(=O)c2cc3c(OC)nccc3[nH]2)CC(C)C)C(=O)C1. The van der Waals surface area contributed by atoms with E-state index in [9.17, 15) is 19.6 Å². The Balaban J connectivity index is 1.69. The van der Waals surface area contributed by atoms with Crippen molar-refractivity contribution in [2.24, 2.45) is 23.6 Å². The first-order chi connectivity index (χ1) is 16.5. The Hall–Kier alpha value is -3.21. The maximum atomic E-state index is 13.1. The number of ketones is 2. The van der Waals surface area contributed by atoms with Gasteiger partial charge in [-0.2, -0.15) is 5.26 Å². The zero-order valence-electron chi connectivity index (χ0n) is 21.3. The van der Waals surface area contributed by atoms with Gasteiger partial charge >= 0.3 is 0 Å². The Morgan fingerprint density at radius 2 is 2.18 bits per heavy atom. The summed E-state index contributed by atoms with van der Waals surface area (Å²) in [7, 11) is 1.51. The van der Waals surface area contributed by atoms with Gasteiger partial charge in [0.2, 0.25) is 11.8 Å². The zero-order valence-corrected chi connectivity index (χ0v) is 20.3. The van der Waals surface area contributed by atoms with E-state index in [1.807, 2.05) is 13.8 Å². The highest BCUT2D eigenvalue weighted by Gasteiger charge is 2.31. The molecule has 3 rings (SSSR count). The summed E-state index contributed by atoms with van der Waals surface area (Å²) in [4.78, 5) is 45.9. The molecule has 8 heteroatoms. The highest BCUT2D eigenvalue weighted by molar-refractivity contribution is 6.02. The van der Waals surface area contributed by atoms with Gasteiger partial charge in [-0.05, 0) is 49.6 Å². The molecular formula is C26H34N4O4. The van der Waals surface area contributed by atoms with Gasteiger partial charge in [-0.1, -0.05) is 20.8 Å². The van der Waals surface area contributed by atoms with E-state index < -0.39 is 17.9 Å². The van der Waals surface area contributed by atoms with Crippen molar-refractivity contribution in [2.45, 2.75) is 65.3 Å². The molecule has 2 aromatic rings. The molecule has 34 heavy (non-hydrogen) atoms. The van der Waals surface area contributed by atoms with Crippen molar-refractivity contribution in [3.05, 3.63) is 24.0 Å². The van der Waals surface area contributed by atoms with Gasteiger partial charge in [-0.15, -0.1) is 0 Å². The molecule has 0 aliphatic heterocycles. The fraction of sp³-hybridized carbons (Fsp3) is 0.577. The van der Waals surface area contributed by atoms with Crippen LogP contribution in [-0.2, 0) is 9.59 Å². The predicted octanol–water partition coefficient (Wildman–Crippen LogP) is 4.21. The van der Waals surface area contributed by atoms with E-state index in [-0.39, 0.29) is 48.6 Å². The smallest absolute Gasteiger partial charge is 0.224 e. The van der Waals surface area contributed by atoms with Crippen LogP contribution in [0.4, 0.5) is 0 Å². The molecule has 2 aromatic heterocycles. The fourth-order valence-corrected chi connectivity index (χ4v) is 4.61. The fourth-order valence-electron chi connectivity index (χ4n) is 4.61. The number of pyridine rings is 1. The van der Waals surface area contributed by atoms with Crippen molar-refractivity contribution in [3.8, 4) is 11.9 Å². The molecule has 8 nitrogen and oxygen atoms in total. The number of nitrogens with zero attached hydrogens (tertiary/aromatic N) is 2. The number of ether oxygens (including phenoxy) is 1. The number of fused-ring (bicyclic) bond motifs is 1. The van der Waals surface area contributed by atoms with E-state index in [1.54, 1.807) is 25.3 Å². The number of aromatic amines is 1. The van der Waals surface area contributed by atoms with Gasteiger partial charge in [0.1, 0.15) is 11.8 Å². The van der Waals surface area contributed by atoms with Crippen molar-refractivity contribution >= 4 is 28.4 Å². The molecule has 1 saturated carbocycles. The second kappa shape index (κ2) is 11.3. The summed E-state index contributed by atoms with van der Waals surface area (Å²) in [5.41, 5.74) is 1.09. The van der Waals surface area contributed by atoms with Crippen LogP contribution >= 0.6 is 0 Å². The monoisotopic (exact) mass is 467 g/mol. The van der Waals surface area contributed by atoms with E-state index in [4.69, 9.17) is 6.11 Å². The van der Waals surface area contributed by atoms with Crippen LogP contribution in [-0.4, -0.2) is 40.6 Å². The second-order valence-electron chi connectivity index (χ2n) is 9.68. The number of methoxy groups -OCH3 is 1. The van der Waals surface area contributed by atoms with E-state index in [2.05, 4.69) is 21.4 Å². The number of aromatic nitrogens is 2. The normalized spacial score (nSPS) is 22.6. The van der Waals surface area contributed by atoms with Crippen LogP contribution in [0.15, 0.2) is 18.3 Å². The number of Topliss-reactive ketones (excluding diaryl/α,β-unsaturated/α-hetero) is 2. The van der Waals surface area contributed by atoms with Crippen molar-refractivity contribution < 1.29 is 20.5 Å². The summed E-state index contributed by atoms with van der Waals surface area (Å²) in [6.45, 7) is 5.70. The van der Waals surface area contributed by atoms with Crippen LogP contribution in [0.3, 0.4) is 0 Å². The molecule has 0 saturated heterocycles. The first kappa shape index (κ1) is 23.9. The number of amides is 1. The van der Waals surface area contributed by atoms with Gasteiger partial charge < -0.3 is 15.0 Å². The molecule has 2 N–H and O–H groups in total. The van der Waals surface area contributed by atoms with Crippen molar-refractivity contribution in [3.63, 3.8) is 0 Å². The van der Waals surface area contributed by atoms with Crippen LogP contribution in [0.1, 0.15) is 71.2 Å². The van der Waals surface area contributed by atoms with E-state index in [0.29, 0.717) is 36.2 Å². The maximum Gasteiger partial charge on any atom is 0.224 e. The van der Waals surface area contributed by atoms with Gasteiger partial charge in [0.15, 0.2) is 5.78 Å². The van der Waals surface area contributed by atoms with Crippen molar-refractivity contribution in [1.82, 2.24) is 15.3 Å². The van der Waals surface area contributed by atoms with Crippen LogP contribution in [0.5, 0.6) is 5.88 Å². The molecule has 1 amide bonds. The molecule has 0 aromatic carbocycles. The molecule has 182 valence electrons. The Morgan fingerprint density at radius 3 is 2.82 bits per heavy atom. The summed E-state index contributed by atoms with van der Waals surface area (Å²) in [6.07, 6.45) is 3.59. The summed E-state index contributed by atoms with van der Waals surface area (Å²) < 4.78 is 13.4. The molecular weight excluding hydrogens is 432 g/mol. The molecule has 0 spiro atoms. The Morgan fingerprint density at radius 1 is 1.41 bits per heavy atom. The molecule has 1 fully saturated rings. The molecule has 1 aliphatic rings. The maximum absolute atomic E-state index is 13.1. The van der Waals surface area contributed by atoms with Crippen LogP contribution in [0.2, 0.25) is 0 Å². The van der Waals surface area contributed by atoms with Crippen LogP contribution in [0.25, 0.3) is 10.9 Å². The lowest BCUT2D eigenvalue weighted by molar-refractivity contribution is -0.128. The average molecular weight is 468 g/mol. The largest absolute Gasteiger partial charge is 0.481 e.